The number of rotatable bonds is 5. The molecule has 0 N–H and O–H groups in total. The fourth-order valence-corrected chi connectivity index (χ4v) is 5.77. The third-order valence-electron chi connectivity index (χ3n) is 6.34. The van der Waals surface area contributed by atoms with Crippen molar-refractivity contribution in [3.05, 3.63) is 47.8 Å². The van der Waals surface area contributed by atoms with Crippen LogP contribution in [-0.4, -0.2) is 61.2 Å². The van der Waals surface area contributed by atoms with Crippen molar-refractivity contribution < 1.29 is 27.8 Å². The van der Waals surface area contributed by atoms with Gasteiger partial charge in [0.1, 0.15) is 39.2 Å². The molecule has 228 valence electrons. The molecule has 2 aromatic heterocycles. The summed E-state index contributed by atoms with van der Waals surface area (Å²) in [6.45, 7) is 15.5. The van der Waals surface area contributed by atoms with Crippen molar-refractivity contribution in [1.82, 2.24) is 19.5 Å². The van der Waals surface area contributed by atoms with Crippen LogP contribution < -0.4 is 4.90 Å². The number of nitrogens with zero attached hydrogens (tertiary/aromatic N) is 5. The number of thioether (sulfide) groups is 1. The Morgan fingerprint density at radius 3 is 2.31 bits per heavy atom. The Kier molecular flexibility index (Phi) is 9.05. The number of halogens is 2. The normalized spacial score (nSPS) is 16.2. The van der Waals surface area contributed by atoms with Crippen molar-refractivity contribution in [1.29, 1.82) is 0 Å². The van der Waals surface area contributed by atoms with Crippen LogP contribution in [0.1, 0.15) is 79.8 Å². The molecule has 12 heteroatoms. The number of fused-ring (bicyclic) bond motifs is 1. The Labute approximate surface area is 249 Å². The quantitative estimate of drug-likeness (QED) is 0.295. The largest absolute Gasteiger partial charge is 0.444 e. The standard InChI is InChI=1S/C30H39F2N5O4S/c1-18(2)23-16-33-26-22(36(28(39)41-30(6,7)8)25-20(31)12-9-13-21(25)32)15-24(34-37(23)26)42-19-11-10-14-35(17-19)27(38)40-29(3,4)5/h9,12-13,15-16,18-19H,10-11,14,17H2,1-8H3. The van der Waals surface area contributed by atoms with Crippen LogP contribution in [0.25, 0.3) is 5.65 Å². The van der Waals surface area contributed by atoms with Gasteiger partial charge in [0, 0.05) is 24.4 Å². The van der Waals surface area contributed by atoms with E-state index in [2.05, 4.69) is 4.98 Å². The number of carbonyl (C=O) groups excluding carboxylic acids is 2. The number of amides is 2. The smallest absolute Gasteiger partial charge is 0.419 e. The highest BCUT2D eigenvalue weighted by Crippen LogP contribution is 2.38. The highest BCUT2D eigenvalue weighted by molar-refractivity contribution is 7.99. The van der Waals surface area contributed by atoms with Crippen molar-refractivity contribution in [3.63, 3.8) is 0 Å². The Bertz CT molecular complexity index is 1440. The van der Waals surface area contributed by atoms with Crippen LogP contribution in [0.2, 0.25) is 0 Å². The number of anilines is 2. The molecule has 1 aliphatic rings. The number of hydrogen-bond acceptors (Lipinski definition) is 7. The van der Waals surface area contributed by atoms with Crippen LogP contribution in [0.3, 0.4) is 0 Å². The van der Waals surface area contributed by atoms with E-state index in [1.807, 2.05) is 34.6 Å². The first-order chi connectivity index (χ1) is 19.5. The molecule has 3 aromatic rings. The van der Waals surface area contributed by atoms with E-state index in [-0.39, 0.29) is 28.6 Å². The highest BCUT2D eigenvalue weighted by atomic mass is 32.2. The first-order valence-electron chi connectivity index (χ1n) is 14.0. The lowest BCUT2D eigenvalue weighted by atomic mass is 10.1. The van der Waals surface area contributed by atoms with Gasteiger partial charge in [0.05, 0.1) is 11.9 Å². The Morgan fingerprint density at radius 2 is 1.71 bits per heavy atom. The molecular formula is C30H39F2N5O4S. The van der Waals surface area contributed by atoms with Crippen LogP contribution in [-0.2, 0) is 9.47 Å². The Hall–Kier alpha value is -3.41. The van der Waals surface area contributed by atoms with Crippen LogP contribution in [0, 0.1) is 11.6 Å². The van der Waals surface area contributed by atoms with Gasteiger partial charge in [0.25, 0.3) is 0 Å². The average molecular weight is 604 g/mol. The number of benzene rings is 1. The van der Waals surface area contributed by atoms with Gasteiger partial charge >= 0.3 is 12.2 Å². The van der Waals surface area contributed by atoms with Crippen molar-refractivity contribution in [3.8, 4) is 0 Å². The van der Waals surface area contributed by atoms with Gasteiger partial charge in [-0.05, 0) is 72.4 Å². The molecule has 1 atom stereocenters. The van der Waals surface area contributed by atoms with E-state index in [4.69, 9.17) is 14.6 Å². The summed E-state index contributed by atoms with van der Waals surface area (Å²) in [5.74, 6) is -1.85. The lowest BCUT2D eigenvalue weighted by Crippen LogP contribution is -2.43. The van der Waals surface area contributed by atoms with Crippen LogP contribution in [0.5, 0.6) is 0 Å². The third-order valence-corrected chi connectivity index (χ3v) is 7.50. The maximum absolute atomic E-state index is 15.2. The van der Waals surface area contributed by atoms with Crippen molar-refractivity contribution in [2.75, 3.05) is 18.0 Å². The summed E-state index contributed by atoms with van der Waals surface area (Å²) < 4.78 is 43.3. The maximum atomic E-state index is 15.2. The number of imidazole rings is 1. The molecule has 1 aromatic carbocycles. The summed E-state index contributed by atoms with van der Waals surface area (Å²) in [5.41, 5.74) is -0.998. The predicted octanol–water partition coefficient (Wildman–Crippen LogP) is 7.70. The molecule has 9 nitrogen and oxygen atoms in total. The number of aromatic nitrogens is 3. The number of ether oxygens (including phenoxy) is 2. The topological polar surface area (TPSA) is 89.3 Å². The molecule has 0 spiro atoms. The summed E-state index contributed by atoms with van der Waals surface area (Å²) in [4.78, 5) is 33.5. The van der Waals surface area contributed by atoms with E-state index in [9.17, 15) is 9.59 Å². The molecule has 0 aliphatic carbocycles. The Balaban J connectivity index is 1.81. The molecule has 1 saturated heterocycles. The van der Waals surface area contributed by atoms with E-state index in [1.54, 1.807) is 42.4 Å². The van der Waals surface area contributed by atoms with Crippen LogP contribution >= 0.6 is 11.8 Å². The van der Waals surface area contributed by atoms with Gasteiger partial charge in [-0.15, -0.1) is 0 Å². The number of hydrogen-bond donors (Lipinski definition) is 0. The maximum Gasteiger partial charge on any atom is 0.419 e. The minimum absolute atomic E-state index is 0.0121. The number of carbonyl (C=O) groups is 2. The zero-order valence-electron chi connectivity index (χ0n) is 25.4. The second kappa shape index (κ2) is 12.1. The lowest BCUT2D eigenvalue weighted by molar-refractivity contribution is 0.0220. The van der Waals surface area contributed by atoms with E-state index in [0.717, 1.165) is 35.6 Å². The number of para-hydroxylation sites is 1. The summed E-state index contributed by atoms with van der Waals surface area (Å²) in [5, 5.41) is 5.28. The van der Waals surface area contributed by atoms with E-state index in [0.29, 0.717) is 18.1 Å². The summed E-state index contributed by atoms with van der Waals surface area (Å²) >= 11 is 1.43. The van der Waals surface area contributed by atoms with Gasteiger partial charge in [-0.25, -0.2) is 32.8 Å². The summed E-state index contributed by atoms with van der Waals surface area (Å²) in [6.07, 6.45) is 1.90. The molecule has 1 aliphatic heterocycles. The minimum atomic E-state index is -0.960. The van der Waals surface area contributed by atoms with Gasteiger partial charge in [-0.3, -0.25) is 0 Å². The monoisotopic (exact) mass is 603 g/mol. The predicted molar refractivity (Wildman–Crippen MR) is 158 cm³/mol. The van der Waals surface area contributed by atoms with Crippen LogP contribution in [0.15, 0.2) is 35.5 Å². The van der Waals surface area contributed by atoms with Crippen molar-refractivity contribution in [2.24, 2.45) is 0 Å². The van der Waals surface area contributed by atoms with Gasteiger partial charge < -0.3 is 14.4 Å². The van der Waals surface area contributed by atoms with Crippen molar-refractivity contribution >= 4 is 41.0 Å². The molecule has 1 unspecified atom stereocenters. The summed E-state index contributed by atoms with van der Waals surface area (Å²) in [6, 6.07) is 5.00. The molecule has 0 radical (unpaired) electrons. The molecule has 4 rings (SSSR count). The van der Waals surface area contributed by atoms with Gasteiger partial charge in [-0.2, -0.15) is 5.10 Å². The van der Waals surface area contributed by atoms with Gasteiger partial charge in [-0.1, -0.05) is 31.7 Å². The first-order valence-corrected chi connectivity index (χ1v) is 14.9. The van der Waals surface area contributed by atoms with Gasteiger partial charge in [0.2, 0.25) is 0 Å². The summed E-state index contributed by atoms with van der Waals surface area (Å²) in [7, 11) is 0. The molecule has 0 bridgehead atoms. The Morgan fingerprint density at radius 1 is 1.07 bits per heavy atom. The zero-order valence-corrected chi connectivity index (χ0v) is 26.2. The number of likely N-dealkylation sites (tertiary alicyclic amines) is 1. The molecule has 0 saturated carbocycles. The van der Waals surface area contributed by atoms with E-state index in [1.165, 1.54) is 17.8 Å². The SMILES string of the molecule is CC(C)c1cnc2c(N(C(=O)OC(C)(C)C)c3c(F)cccc3F)cc(SC3CCCN(C(=O)OC(C)(C)C)C3)nn12. The highest BCUT2D eigenvalue weighted by Gasteiger charge is 2.33. The fourth-order valence-electron chi connectivity index (χ4n) is 4.58. The molecule has 2 amide bonds. The number of piperidine rings is 1. The third kappa shape index (κ3) is 7.32. The molecule has 3 heterocycles. The fraction of sp³-hybridized carbons (Fsp3) is 0.533. The zero-order chi connectivity index (χ0) is 31.0. The second-order valence-electron chi connectivity index (χ2n) is 12.6. The van der Waals surface area contributed by atoms with Gasteiger partial charge in [0.15, 0.2) is 5.65 Å². The second-order valence-corrected chi connectivity index (χ2v) is 14.0. The molecular weight excluding hydrogens is 564 g/mol. The lowest BCUT2D eigenvalue weighted by Gasteiger charge is -2.33. The van der Waals surface area contributed by atoms with E-state index < -0.39 is 34.6 Å². The minimum Gasteiger partial charge on any atom is -0.444 e. The average Bonchev–Trinajstić information content (AvgIpc) is 3.28. The first kappa shape index (κ1) is 31.5. The van der Waals surface area contributed by atoms with Crippen LogP contribution in [0.4, 0.5) is 29.7 Å². The molecule has 1 fully saturated rings. The molecule has 42 heavy (non-hydrogen) atoms. The van der Waals surface area contributed by atoms with E-state index >= 15 is 8.78 Å². The van der Waals surface area contributed by atoms with Crippen molar-refractivity contribution in [2.45, 2.75) is 95.6 Å².